The lowest BCUT2D eigenvalue weighted by Gasteiger charge is -2.32. The Morgan fingerprint density at radius 2 is 1.62 bits per heavy atom. The van der Waals surface area contributed by atoms with Gasteiger partial charge in [-0.25, -0.2) is 18.0 Å². The van der Waals surface area contributed by atoms with Crippen molar-refractivity contribution >= 4 is 12.1 Å². The number of amides is 1. The number of hydrogen-bond acceptors (Lipinski definition) is 4. The molecule has 9 heteroatoms. The highest BCUT2D eigenvalue weighted by atomic mass is 19.2. The lowest BCUT2D eigenvalue weighted by Crippen LogP contribution is -2.43. The van der Waals surface area contributed by atoms with Crippen LogP contribution >= 0.6 is 0 Å². The molecule has 1 aliphatic rings. The smallest absolute Gasteiger partial charge is 0.410 e. The highest BCUT2D eigenvalue weighted by molar-refractivity contribution is 5.76. The average Bonchev–Trinajstić information content (AvgIpc) is 2.56. The Kier molecular flexibility index (Phi) is 5.77. The first-order valence-corrected chi connectivity index (χ1v) is 8.02. The zero-order valence-electron chi connectivity index (χ0n) is 14.6. The largest absolute Gasteiger partial charge is 0.444 e. The Morgan fingerprint density at radius 1 is 1.04 bits per heavy atom. The molecule has 0 bridgehead atoms. The molecule has 1 aromatic carbocycles. The predicted molar refractivity (Wildman–Crippen MR) is 82.4 cm³/mol. The first kappa shape index (κ1) is 20.0. The van der Waals surface area contributed by atoms with E-state index in [1.165, 1.54) is 4.90 Å². The summed E-state index contributed by atoms with van der Waals surface area (Å²) in [6, 6.07) is 0.279. The van der Waals surface area contributed by atoms with Crippen molar-refractivity contribution in [2.45, 2.75) is 39.2 Å². The number of carbonyl (C=O) groups is 2. The van der Waals surface area contributed by atoms with Gasteiger partial charge in [-0.2, -0.15) is 4.39 Å². The maximum absolute atomic E-state index is 13.6. The average molecular weight is 377 g/mol. The summed E-state index contributed by atoms with van der Waals surface area (Å²) in [5, 5.41) is 0. The van der Waals surface area contributed by atoms with Crippen molar-refractivity contribution in [1.82, 2.24) is 4.90 Å². The summed E-state index contributed by atoms with van der Waals surface area (Å²) in [5.41, 5.74) is -0.652. The minimum absolute atomic E-state index is 0.212. The van der Waals surface area contributed by atoms with Gasteiger partial charge in [0.15, 0.2) is 17.4 Å². The molecule has 26 heavy (non-hydrogen) atoms. The maximum Gasteiger partial charge on any atom is 0.410 e. The maximum atomic E-state index is 13.6. The van der Waals surface area contributed by atoms with E-state index in [0.29, 0.717) is 0 Å². The summed E-state index contributed by atoms with van der Waals surface area (Å²) < 4.78 is 62.7. The highest BCUT2D eigenvalue weighted by Gasteiger charge is 2.32. The van der Waals surface area contributed by atoms with Gasteiger partial charge in [0.2, 0.25) is 11.6 Å². The fourth-order valence-corrected chi connectivity index (χ4v) is 2.44. The Hall–Kier alpha value is -2.32. The molecule has 0 aliphatic carbocycles. The van der Waals surface area contributed by atoms with Gasteiger partial charge < -0.3 is 14.4 Å². The molecule has 5 nitrogen and oxygen atoms in total. The van der Waals surface area contributed by atoms with Crippen LogP contribution in [0.3, 0.4) is 0 Å². The fraction of sp³-hybridized carbons (Fsp3) is 0.529. The third-order valence-electron chi connectivity index (χ3n) is 3.76. The van der Waals surface area contributed by atoms with E-state index >= 15 is 0 Å². The van der Waals surface area contributed by atoms with Crippen molar-refractivity contribution in [2.75, 3.05) is 13.1 Å². The van der Waals surface area contributed by atoms with Gasteiger partial charge in [-0.3, -0.25) is 4.79 Å². The van der Waals surface area contributed by atoms with Crippen LogP contribution in [0.15, 0.2) is 6.07 Å². The monoisotopic (exact) mass is 377 g/mol. The lowest BCUT2D eigenvalue weighted by molar-refractivity contribution is -0.140. The van der Waals surface area contributed by atoms with Gasteiger partial charge in [0, 0.05) is 19.2 Å². The molecule has 0 saturated carbocycles. The van der Waals surface area contributed by atoms with E-state index in [9.17, 15) is 27.2 Å². The first-order chi connectivity index (χ1) is 12.0. The van der Waals surface area contributed by atoms with Crippen LogP contribution in [0.2, 0.25) is 0 Å². The number of ether oxygens (including phenoxy) is 2. The number of piperidine rings is 1. The quantitative estimate of drug-likeness (QED) is 0.259. The second kappa shape index (κ2) is 7.51. The molecule has 1 heterocycles. The molecule has 0 N–H and O–H groups in total. The van der Waals surface area contributed by atoms with Crippen molar-refractivity contribution in [3.8, 4) is 5.75 Å². The zero-order chi connectivity index (χ0) is 19.6. The van der Waals surface area contributed by atoms with Crippen molar-refractivity contribution in [3.05, 3.63) is 29.3 Å². The molecule has 0 atom stereocenters. The number of hydrogen-bond donors (Lipinski definition) is 0. The number of nitrogens with zero attached hydrogens (tertiary/aromatic N) is 1. The number of benzene rings is 1. The van der Waals surface area contributed by atoms with E-state index in [2.05, 4.69) is 4.74 Å². The number of likely N-dealkylation sites (tertiary alicyclic amines) is 1. The van der Waals surface area contributed by atoms with Crippen LogP contribution < -0.4 is 4.74 Å². The number of rotatable bonds is 2. The van der Waals surface area contributed by atoms with Crippen molar-refractivity contribution < 1.29 is 36.6 Å². The van der Waals surface area contributed by atoms with Crippen LogP contribution in [0.1, 0.15) is 33.6 Å². The van der Waals surface area contributed by atoms with Gasteiger partial charge >= 0.3 is 12.1 Å². The van der Waals surface area contributed by atoms with Crippen LogP contribution in [0, 0.1) is 29.2 Å². The summed E-state index contributed by atoms with van der Waals surface area (Å²) in [6.07, 6.45) is -0.0874. The third kappa shape index (κ3) is 4.64. The molecular weight excluding hydrogens is 358 g/mol. The Bertz CT molecular complexity index is 710. The van der Waals surface area contributed by atoms with E-state index in [-0.39, 0.29) is 32.0 Å². The van der Waals surface area contributed by atoms with E-state index in [0.717, 1.165) is 0 Å². The second-order valence-electron chi connectivity index (χ2n) is 6.96. The van der Waals surface area contributed by atoms with Crippen LogP contribution in [0.5, 0.6) is 5.75 Å². The first-order valence-electron chi connectivity index (χ1n) is 8.02. The highest BCUT2D eigenvalue weighted by Crippen LogP contribution is 2.27. The van der Waals surface area contributed by atoms with Crippen LogP contribution in [-0.2, 0) is 9.53 Å². The van der Waals surface area contributed by atoms with Gasteiger partial charge in [-0.1, -0.05) is 0 Å². The number of esters is 1. The Morgan fingerprint density at radius 3 is 2.15 bits per heavy atom. The van der Waals surface area contributed by atoms with Gasteiger partial charge in [-0.15, -0.1) is 0 Å². The molecule has 1 saturated heterocycles. The van der Waals surface area contributed by atoms with Crippen molar-refractivity contribution in [1.29, 1.82) is 0 Å². The standard InChI is InChI=1S/C17H19F4NO4/c1-17(2,3)26-16(24)22-6-4-9(5-7-22)15(23)25-11-8-10(18)12(19)14(21)13(11)20/h8-9H,4-7H2,1-3H3. The Labute approximate surface area is 147 Å². The fourth-order valence-electron chi connectivity index (χ4n) is 2.44. The molecule has 0 unspecified atom stereocenters. The molecule has 2 rings (SSSR count). The summed E-state index contributed by atoms with van der Waals surface area (Å²) >= 11 is 0. The van der Waals surface area contributed by atoms with Crippen LogP contribution in [0.4, 0.5) is 22.4 Å². The summed E-state index contributed by atoms with van der Waals surface area (Å²) in [6.45, 7) is 5.60. The lowest BCUT2D eigenvalue weighted by atomic mass is 9.97. The molecule has 1 fully saturated rings. The van der Waals surface area contributed by atoms with E-state index in [4.69, 9.17) is 4.74 Å². The van der Waals surface area contributed by atoms with Gasteiger partial charge in [0.05, 0.1) is 5.92 Å². The molecule has 144 valence electrons. The van der Waals surface area contributed by atoms with Crippen LogP contribution in [0.25, 0.3) is 0 Å². The molecule has 1 aliphatic heterocycles. The SMILES string of the molecule is CC(C)(C)OC(=O)N1CCC(C(=O)Oc2cc(F)c(F)c(F)c2F)CC1. The summed E-state index contributed by atoms with van der Waals surface area (Å²) in [5.74, 6) is -10.1. The molecule has 0 aromatic heterocycles. The van der Waals surface area contributed by atoms with Crippen LogP contribution in [-0.4, -0.2) is 35.7 Å². The summed E-state index contributed by atoms with van der Waals surface area (Å²) in [4.78, 5) is 25.4. The van der Waals surface area contributed by atoms with Gasteiger partial charge in [-0.05, 0) is 33.6 Å². The van der Waals surface area contributed by atoms with Gasteiger partial charge in [0.25, 0.3) is 0 Å². The zero-order valence-corrected chi connectivity index (χ0v) is 14.6. The molecular formula is C17H19F4NO4. The molecule has 1 aromatic rings. The molecule has 0 radical (unpaired) electrons. The number of carbonyl (C=O) groups excluding carboxylic acids is 2. The third-order valence-corrected chi connectivity index (χ3v) is 3.76. The molecule has 0 spiro atoms. The topological polar surface area (TPSA) is 55.8 Å². The number of halogens is 4. The van der Waals surface area contributed by atoms with E-state index in [1.807, 2.05) is 0 Å². The van der Waals surface area contributed by atoms with Crippen molar-refractivity contribution in [3.63, 3.8) is 0 Å². The van der Waals surface area contributed by atoms with E-state index in [1.54, 1.807) is 20.8 Å². The van der Waals surface area contributed by atoms with E-state index < -0.39 is 52.6 Å². The van der Waals surface area contributed by atoms with Gasteiger partial charge in [0.1, 0.15) is 5.60 Å². The minimum atomic E-state index is -2.05. The normalized spacial score (nSPS) is 15.7. The second-order valence-corrected chi connectivity index (χ2v) is 6.96. The minimum Gasteiger partial charge on any atom is -0.444 e. The van der Waals surface area contributed by atoms with Crippen molar-refractivity contribution in [2.24, 2.45) is 5.92 Å². The predicted octanol–water partition coefficient (Wildman–Crippen LogP) is 3.80. The molecule has 1 amide bonds. The summed E-state index contributed by atoms with van der Waals surface area (Å²) in [7, 11) is 0. The Balaban J connectivity index is 1.96.